The molecule has 1 aromatic rings. The number of rotatable bonds is 5. The van der Waals surface area contributed by atoms with Crippen LogP contribution in [0.5, 0.6) is 0 Å². The van der Waals surface area contributed by atoms with E-state index < -0.39 is 0 Å². The maximum Gasteiger partial charge on any atom is 0.222 e. The fourth-order valence-corrected chi connectivity index (χ4v) is 3.20. The summed E-state index contributed by atoms with van der Waals surface area (Å²) in [5, 5.41) is 3.28. The van der Waals surface area contributed by atoms with Gasteiger partial charge in [-0.25, -0.2) is 4.98 Å². The van der Waals surface area contributed by atoms with Crippen molar-refractivity contribution in [2.75, 3.05) is 19.0 Å². The van der Waals surface area contributed by atoms with E-state index in [0.29, 0.717) is 24.1 Å². The van der Waals surface area contributed by atoms with Gasteiger partial charge in [0.1, 0.15) is 0 Å². The molecule has 1 amide bonds. The number of halogens is 1. The molecule has 1 aromatic heterocycles. The molecule has 3 nitrogen and oxygen atoms in total. The monoisotopic (exact) mass is 286 g/mol. The molecule has 1 saturated heterocycles. The normalized spacial score (nSPS) is 20.1. The second-order valence-electron chi connectivity index (χ2n) is 5.15. The van der Waals surface area contributed by atoms with Gasteiger partial charge in [-0.1, -0.05) is 13.8 Å². The topological polar surface area (TPSA) is 33.2 Å². The van der Waals surface area contributed by atoms with Crippen molar-refractivity contribution in [3.05, 3.63) is 16.1 Å². The molecule has 2 rings (SSSR count). The number of alkyl halides is 1. The summed E-state index contributed by atoms with van der Waals surface area (Å²) in [6, 6.07) is 0. The number of carbonyl (C=O) groups is 1. The van der Waals surface area contributed by atoms with Crippen LogP contribution in [0.4, 0.5) is 0 Å². The van der Waals surface area contributed by atoms with Crippen LogP contribution >= 0.6 is 22.9 Å². The van der Waals surface area contributed by atoms with E-state index >= 15 is 0 Å². The zero-order chi connectivity index (χ0) is 13.1. The van der Waals surface area contributed by atoms with Gasteiger partial charge < -0.3 is 4.90 Å². The minimum atomic E-state index is 0.236. The van der Waals surface area contributed by atoms with Crippen LogP contribution in [0.25, 0.3) is 0 Å². The number of amides is 1. The number of hydrogen-bond donors (Lipinski definition) is 0. The van der Waals surface area contributed by atoms with Crippen LogP contribution < -0.4 is 0 Å². The molecule has 0 N–H and O–H groups in total. The maximum absolute atomic E-state index is 11.7. The van der Waals surface area contributed by atoms with Crippen molar-refractivity contribution in [1.82, 2.24) is 9.88 Å². The predicted molar refractivity (Wildman–Crippen MR) is 75.3 cm³/mol. The van der Waals surface area contributed by atoms with Crippen LogP contribution in [0.3, 0.4) is 0 Å². The smallest absolute Gasteiger partial charge is 0.222 e. The maximum atomic E-state index is 11.7. The number of hydrogen-bond acceptors (Lipinski definition) is 3. The van der Waals surface area contributed by atoms with E-state index in [1.54, 1.807) is 11.3 Å². The number of likely N-dealkylation sites (tertiary alicyclic amines) is 1. The molecule has 1 unspecified atom stereocenters. The highest BCUT2D eigenvalue weighted by molar-refractivity contribution is 7.09. The summed E-state index contributed by atoms with van der Waals surface area (Å²) in [6.45, 7) is 5.88. The molecule has 0 radical (unpaired) electrons. The van der Waals surface area contributed by atoms with Crippen LogP contribution in [0.1, 0.15) is 36.9 Å². The Morgan fingerprint density at radius 3 is 2.94 bits per heavy atom. The summed E-state index contributed by atoms with van der Waals surface area (Å²) < 4.78 is 0. The highest BCUT2D eigenvalue weighted by Crippen LogP contribution is 2.21. The fraction of sp³-hybridized carbons (Fsp3) is 0.692. The summed E-state index contributed by atoms with van der Waals surface area (Å²) in [7, 11) is 0. The van der Waals surface area contributed by atoms with E-state index in [4.69, 9.17) is 11.6 Å². The van der Waals surface area contributed by atoms with Gasteiger partial charge in [-0.15, -0.1) is 22.9 Å². The highest BCUT2D eigenvalue weighted by atomic mass is 35.5. The lowest BCUT2D eigenvalue weighted by atomic mass is 10.1. The lowest BCUT2D eigenvalue weighted by Crippen LogP contribution is -2.27. The molecule has 1 aliphatic rings. The van der Waals surface area contributed by atoms with Gasteiger partial charge in [-0.2, -0.15) is 0 Å². The van der Waals surface area contributed by atoms with Crippen molar-refractivity contribution >= 4 is 28.8 Å². The van der Waals surface area contributed by atoms with Crippen LogP contribution in [0, 0.1) is 5.92 Å². The van der Waals surface area contributed by atoms with Crippen LogP contribution in [0.15, 0.2) is 5.38 Å². The Morgan fingerprint density at radius 1 is 1.61 bits per heavy atom. The average Bonchev–Trinajstić information content (AvgIpc) is 2.93. The summed E-state index contributed by atoms with van der Waals surface area (Å²) in [4.78, 5) is 18.2. The first-order valence-electron chi connectivity index (χ1n) is 6.38. The first-order chi connectivity index (χ1) is 8.60. The molecule has 0 aliphatic carbocycles. The van der Waals surface area contributed by atoms with Gasteiger partial charge in [0.05, 0.1) is 10.7 Å². The summed E-state index contributed by atoms with van der Waals surface area (Å²) >= 11 is 7.51. The van der Waals surface area contributed by atoms with Gasteiger partial charge in [-0.3, -0.25) is 4.79 Å². The van der Waals surface area contributed by atoms with E-state index in [0.717, 1.165) is 25.2 Å². The van der Waals surface area contributed by atoms with Gasteiger partial charge in [0.2, 0.25) is 5.91 Å². The molecule has 0 aromatic carbocycles. The zero-order valence-electron chi connectivity index (χ0n) is 10.9. The van der Waals surface area contributed by atoms with Crippen molar-refractivity contribution < 1.29 is 4.79 Å². The largest absolute Gasteiger partial charge is 0.342 e. The first kappa shape index (κ1) is 13.8. The SMILES string of the molecule is CC(C)c1nc(CCN2CC(CCl)CC2=O)cs1. The van der Waals surface area contributed by atoms with E-state index in [1.165, 1.54) is 5.01 Å². The minimum Gasteiger partial charge on any atom is -0.342 e. The second kappa shape index (κ2) is 6.02. The van der Waals surface area contributed by atoms with Gasteiger partial charge >= 0.3 is 0 Å². The number of nitrogens with zero attached hydrogens (tertiary/aromatic N) is 2. The number of aromatic nitrogens is 1. The summed E-state index contributed by atoms with van der Waals surface area (Å²) in [5.74, 6) is 1.63. The number of thiazole rings is 1. The molecule has 5 heteroatoms. The van der Waals surface area contributed by atoms with Crippen LogP contribution in [0.2, 0.25) is 0 Å². The Balaban J connectivity index is 1.86. The second-order valence-corrected chi connectivity index (χ2v) is 6.34. The Hall–Kier alpha value is -0.610. The van der Waals surface area contributed by atoms with E-state index in [2.05, 4.69) is 24.2 Å². The third-order valence-corrected chi connectivity index (χ3v) is 4.84. The predicted octanol–water partition coefficient (Wildman–Crippen LogP) is 2.90. The van der Waals surface area contributed by atoms with Gasteiger partial charge in [0.15, 0.2) is 0 Å². The lowest BCUT2D eigenvalue weighted by molar-refractivity contribution is -0.127. The van der Waals surface area contributed by atoms with E-state index in [9.17, 15) is 4.79 Å². The Kier molecular flexibility index (Phi) is 4.62. The van der Waals surface area contributed by atoms with E-state index in [-0.39, 0.29) is 5.91 Å². The summed E-state index contributed by atoms with van der Waals surface area (Å²) in [6.07, 6.45) is 1.46. The third kappa shape index (κ3) is 3.23. The molecule has 0 saturated carbocycles. The quantitative estimate of drug-likeness (QED) is 0.780. The van der Waals surface area contributed by atoms with Crippen LogP contribution in [-0.2, 0) is 11.2 Å². The highest BCUT2D eigenvalue weighted by Gasteiger charge is 2.28. The van der Waals surface area contributed by atoms with Crippen molar-refractivity contribution in [1.29, 1.82) is 0 Å². The molecule has 2 heterocycles. The van der Waals surface area contributed by atoms with Crippen LogP contribution in [-0.4, -0.2) is 34.8 Å². The standard InChI is InChI=1S/C13H19ClN2OS/c1-9(2)13-15-11(8-18-13)3-4-16-7-10(6-14)5-12(16)17/h8-10H,3-7H2,1-2H3. The molecule has 0 bridgehead atoms. The van der Waals surface area contributed by atoms with Crippen molar-refractivity contribution in [3.8, 4) is 0 Å². The van der Waals surface area contributed by atoms with Gasteiger partial charge in [0, 0.05) is 43.1 Å². The molecule has 0 spiro atoms. The average molecular weight is 287 g/mol. The Bertz CT molecular complexity index is 419. The van der Waals surface area contributed by atoms with E-state index in [1.807, 2.05) is 4.90 Å². The molecular weight excluding hydrogens is 268 g/mol. The zero-order valence-corrected chi connectivity index (χ0v) is 12.4. The lowest BCUT2D eigenvalue weighted by Gasteiger charge is -2.15. The minimum absolute atomic E-state index is 0.236. The third-order valence-electron chi connectivity index (χ3n) is 3.21. The van der Waals surface area contributed by atoms with Gasteiger partial charge in [-0.05, 0) is 5.92 Å². The molecule has 1 aliphatic heterocycles. The summed E-state index contributed by atoms with van der Waals surface area (Å²) in [5.41, 5.74) is 1.10. The Labute approximate surface area is 117 Å². The van der Waals surface area contributed by atoms with Crippen molar-refractivity contribution in [2.24, 2.45) is 5.92 Å². The molecule has 1 fully saturated rings. The number of carbonyl (C=O) groups excluding carboxylic acids is 1. The molecular formula is C13H19ClN2OS. The fourth-order valence-electron chi connectivity index (χ4n) is 2.13. The van der Waals surface area contributed by atoms with Crippen molar-refractivity contribution in [3.63, 3.8) is 0 Å². The molecule has 18 heavy (non-hydrogen) atoms. The molecule has 1 atom stereocenters. The first-order valence-corrected chi connectivity index (χ1v) is 7.79. The Morgan fingerprint density at radius 2 is 2.39 bits per heavy atom. The van der Waals surface area contributed by atoms with Crippen molar-refractivity contribution in [2.45, 2.75) is 32.6 Å². The van der Waals surface area contributed by atoms with Gasteiger partial charge in [0.25, 0.3) is 0 Å². The molecule has 100 valence electrons.